The lowest BCUT2D eigenvalue weighted by atomic mass is 9.99. The van der Waals surface area contributed by atoms with Crippen LogP contribution in [0.25, 0.3) is 0 Å². The van der Waals surface area contributed by atoms with Gasteiger partial charge in [0.2, 0.25) is 5.91 Å². The number of methoxy groups -OCH3 is 1. The Kier molecular flexibility index (Phi) is 4.94. The maximum atomic E-state index is 13.0. The van der Waals surface area contributed by atoms with Gasteiger partial charge < -0.3 is 14.5 Å². The van der Waals surface area contributed by atoms with Gasteiger partial charge in [0, 0.05) is 31.0 Å². The van der Waals surface area contributed by atoms with Crippen molar-refractivity contribution in [1.82, 2.24) is 4.90 Å². The minimum atomic E-state index is -0.125. The number of hydrogen-bond acceptors (Lipinski definition) is 3. The number of benzene rings is 2. The van der Waals surface area contributed by atoms with Gasteiger partial charge in [0.05, 0.1) is 7.11 Å². The Bertz CT molecular complexity index is 894. The number of aryl methyl sites for hydroxylation is 2. The maximum absolute atomic E-state index is 13.0. The molecule has 6 heteroatoms. The first-order valence-corrected chi connectivity index (χ1v) is 9.67. The van der Waals surface area contributed by atoms with E-state index in [-0.39, 0.29) is 18.5 Å². The molecule has 0 unspecified atom stereocenters. The third kappa shape index (κ3) is 3.42. The van der Waals surface area contributed by atoms with Crippen LogP contribution in [0.1, 0.15) is 17.5 Å². The lowest BCUT2D eigenvalue weighted by molar-refractivity contribution is -0.119. The molecule has 1 fully saturated rings. The first kappa shape index (κ1) is 18.3. The van der Waals surface area contributed by atoms with Gasteiger partial charge in [-0.25, -0.2) is 4.79 Å². The number of anilines is 2. The average molecular weight is 379 g/mol. The Morgan fingerprint density at radius 3 is 2.61 bits per heavy atom. The molecule has 4 rings (SSSR count). The quantitative estimate of drug-likeness (QED) is 0.820. The fourth-order valence-corrected chi connectivity index (χ4v) is 3.96. The molecule has 0 saturated carbocycles. The van der Waals surface area contributed by atoms with E-state index >= 15 is 0 Å². The summed E-state index contributed by atoms with van der Waals surface area (Å²) in [6.07, 6.45) is 1.95. The first-order valence-electron chi connectivity index (χ1n) is 9.67. The minimum Gasteiger partial charge on any atom is -0.497 e. The summed E-state index contributed by atoms with van der Waals surface area (Å²) in [5, 5.41) is 0. The van der Waals surface area contributed by atoms with Crippen molar-refractivity contribution in [3.8, 4) is 5.75 Å². The van der Waals surface area contributed by atoms with Crippen molar-refractivity contribution in [2.75, 3.05) is 43.1 Å². The van der Waals surface area contributed by atoms with E-state index in [2.05, 4.69) is 13.0 Å². The number of fused-ring (bicyclic) bond motifs is 1. The Morgan fingerprint density at radius 1 is 1.07 bits per heavy atom. The van der Waals surface area contributed by atoms with Crippen LogP contribution in [0, 0.1) is 6.92 Å². The lowest BCUT2D eigenvalue weighted by Gasteiger charge is -2.31. The molecule has 0 atom stereocenters. The standard InChI is InChI=1S/C22H25N3O3/c1-16-5-10-20-17(14-16)4-3-11-25(20)21(26)15-23-12-13-24(22(23)27)18-6-8-19(28-2)9-7-18/h5-10,14H,3-4,11-13,15H2,1-2H3. The molecular weight excluding hydrogens is 354 g/mol. The molecule has 0 N–H and O–H groups in total. The highest BCUT2D eigenvalue weighted by molar-refractivity contribution is 6.01. The number of hydrogen-bond donors (Lipinski definition) is 0. The summed E-state index contributed by atoms with van der Waals surface area (Å²) >= 11 is 0. The second-order valence-electron chi connectivity index (χ2n) is 7.33. The third-order valence-corrected chi connectivity index (χ3v) is 5.46. The smallest absolute Gasteiger partial charge is 0.325 e. The fourth-order valence-electron chi connectivity index (χ4n) is 3.96. The van der Waals surface area contributed by atoms with E-state index in [0.717, 1.165) is 30.0 Å². The van der Waals surface area contributed by atoms with Crippen LogP contribution in [0.5, 0.6) is 5.75 Å². The van der Waals surface area contributed by atoms with Crippen molar-refractivity contribution in [1.29, 1.82) is 0 Å². The predicted octanol–water partition coefficient (Wildman–Crippen LogP) is 3.23. The summed E-state index contributed by atoms with van der Waals surface area (Å²) in [4.78, 5) is 31.0. The Labute approximate surface area is 165 Å². The van der Waals surface area contributed by atoms with Gasteiger partial charge in [0.1, 0.15) is 12.3 Å². The average Bonchev–Trinajstić information content (AvgIpc) is 3.07. The van der Waals surface area contributed by atoms with Crippen LogP contribution in [0.4, 0.5) is 16.2 Å². The molecule has 2 aromatic rings. The van der Waals surface area contributed by atoms with Gasteiger partial charge in [-0.3, -0.25) is 9.69 Å². The molecule has 146 valence electrons. The summed E-state index contributed by atoms with van der Waals surface area (Å²) in [5.41, 5.74) is 4.23. The molecule has 0 spiro atoms. The Hall–Kier alpha value is -3.02. The third-order valence-electron chi connectivity index (χ3n) is 5.46. The van der Waals surface area contributed by atoms with Gasteiger partial charge in [-0.2, -0.15) is 0 Å². The van der Waals surface area contributed by atoms with Crippen LogP contribution in [0.3, 0.4) is 0 Å². The van der Waals surface area contributed by atoms with Gasteiger partial charge in [-0.1, -0.05) is 17.7 Å². The number of ether oxygens (including phenoxy) is 1. The zero-order valence-corrected chi connectivity index (χ0v) is 16.4. The van der Waals surface area contributed by atoms with Gasteiger partial charge in [-0.05, 0) is 55.7 Å². The minimum absolute atomic E-state index is 0.0188. The van der Waals surface area contributed by atoms with Crippen LogP contribution in [0.15, 0.2) is 42.5 Å². The molecule has 3 amide bonds. The fraction of sp³-hybridized carbons (Fsp3) is 0.364. The van der Waals surface area contributed by atoms with E-state index < -0.39 is 0 Å². The summed E-state index contributed by atoms with van der Waals surface area (Å²) in [5.74, 6) is 0.733. The second-order valence-corrected chi connectivity index (χ2v) is 7.33. The normalized spacial score (nSPS) is 16.4. The molecule has 1 saturated heterocycles. The predicted molar refractivity (Wildman–Crippen MR) is 109 cm³/mol. The number of nitrogens with zero attached hydrogens (tertiary/aromatic N) is 3. The first-order chi connectivity index (χ1) is 13.6. The van der Waals surface area contributed by atoms with Crippen LogP contribution >= 0.6 is 0 Å². The lowest BCUT2D eigenvalue weighted by Crippen LogP contribution is -2.44. The van der Waals surface area contributed by atoms with Gasteiger partial charge >= 0.3 is 6.03 Å². The molecule has 0 aromatic heterocycles. The SMILES string of the molecule is COc1ccc(N2CCN(CC(=O)N3CCCc4cc(C)ccc43)C2=O)cc1. The van der Waals surface area contributed by atoms with Gasteiger partial charge in [0.25, 0.3) is 0 Å². The molecule has 28 heavy (non-hydrogen) atoms. The van der Waals surface area contributed by atoms with Crippen molar-refractivity contribution in [2.24, 2.45) is 0 Å². The highest BCUT2D eigenvalue weighted by Gasteiger charge is 2.33. The van der Waals surface area contributed by atoms with E-state index in [9.17, 15) is 9.59 Å². The van der Waals surface area contributed by atoms with Crippen molar-refractivity contribution in [3.63, 3.8) is 0 Å². The Balaban J connectivity index is 1.45. The van der Waals surface area contributed by atoms with Crippen LogP contribution in [0.2, 0.25) is 0 Å². The maximum Gasteiger partial charge on any atom is 0.325 e. The number of rotatable bonds is 4. The van der Waals surface area contributed by atoms with Crippen molar-refractivity contribution < 1.29 is 14.3 Å². The van der Waals surface area contributed by atoms with Crippen LogP contribution in [-0.2, 0) is 11.2 Å². The molecule has 2 aliphatic rings. The van der Waals surface area contributed by atoms with Crippen LogP contribution in [-0.4, -0.2) is 50.1 Å². The molecule has 6 nitrogen and oxygen atoms in total. The molecule has 0 aliphatic carbocycles. The number of carbonyl (C=O) groups is 2. The van der Waals surface area contributed by atoms with Gasteiger partial charge in [-0.15, -0.1) is 0 Å². The van der Waals surface area contributed by atoms with E-state index in [1.807, 2.05) is 41.3 Å². The van der Waals surface area contributed by atoms with E-state index in [4.69, 9.17) is 4.74 Å². The van der Waals surface area contributed by atoms with Crippen LogP contribution < -0.4 is 14.5 Å². The van der Waals surface area contributed by atoms with Crippen molar-refractivity contribution in [2.45, 2.75) is 19.8 Å². The molecule has 2 heterocycles. The zero-order chi connectivity index (χ0) is 19.7. The number of amides is 3. The topological polar surface area (TPSA) is 53.1 Å². The molecule has 0 bridgehead atoms. The van der Waals surface area contributed by atoms with E-state index in [1.54, 1.807) is 16.9 Å². The summed E-state index contributed by atoms with van der Waals surface area (Å²) in [6, 6.07) is 13.5. The monoisotopic (exact) mass is 379 g/mol. The zero-order valence-electron chi connectivity index (χ0n) is 16.4. The largest absolute Gasteiger partial charge is 0.497 e. The summed E-state index contributed by atoms with van der Waals surface area (Å²) in [6.45, 7) is 4.01. The number of carbonyl (C=O) groups excluding carboxylic acids is 2. The highest BCUT2D eigenvalue weighted by Crippen LogP contribution is 2.29. The van der Waals surface area contributed by atoms with E-state index in [1.165, 1.54) is 11.1 Å². The van der Waals surface area contributed by atoms with Crippen molar-refractivity contribution >= 4 is 23.3 Å². The van der Waals surface area contributed by atoms with Crippen molar-refractivity contribution in [3.05, 3.63) is 53.6 Å². The number of urea groups is 1. The summed E-state index contributed by atoms with van der Waals surface area (Å²) in [7, 11) is 1.61. The molecular formula is C22H25N3O3. The molecule has 2 aromatic carbocycles. The molecule has 0 radical (unpaired) electrons. The van der Waals surface area contributed by atoms with Gasteiger partial charge in [0.15, 0.2) is 0 Å². The summed E-state index contributed by atoms with van der Waals surface area (Å²) < 4.78 is 5.17. The Morgan fingerprint density at radius 2 is 1.86 bits per heavy atom. The second kappa shape index (κ2) is 7.54. The molecule has 2 aliphatic heterocycles. The highest BCUT2D eigenvalue weighted by atomic mass is 16.5. The van der Waals surface area contributed by atoms with E-state index in [0.29, 0.717) is 19.6 Å².